The van der Waals surface area contributed by atoms with Crippen molar-refractivity contribution < 1.29 is 19.1 Å². The molecule has 3 rings (SSSR count). The molecular formula is C20H22N2O4S. The lowest BCUT2D eigenvalue weighted by Crippen LogP contribution is -2.38. The number of benzene rings is 1. The van der Waals surface area contributed by atoms with Crippen LogP contribution in [-0.4, -0.2) is 42.4 Å². The summed E-state index contributed by atoms with van der Waals surface area (Å²) in [6, 6.07) is 11.4. The second-order valence-electron chi connectivity index (χ2n) is 6.36. The minimum atomic E-state index is -0.489. The number of rotatable bonds is 7. The summed E-state index contributed by atoms with van der Waals surface area (Å²) < 4.78 is 5.05. The molecule has 0 fully saturated rings. The predicted molar refractivity (Wildman–Crippen MR) is 102 cm³/mol. The Morgan fingerprint density at radius 1 is 1.15 bits per heavy atom. The summed E-state index contributed by atoms with van der Waals surface area (Å²) in [5, 5.41) is 4.72. The van der Waals surface area contributed by atoms with Crippen molar-refractivity contribution in [3.8, 4) is 0 Å². The van der Waals surface area contributed by atoms with Crippen molar-refractivity contribution in [2.75, 3.05) is 19.7 Å². The number of carbonyl (C=O) groups is 3. The molecule has 1 N–H and O–H groups in total. The van der Waals surface area contributed by atoms with Gasteiger partial charge in [0.15, 0.2) is 6.61 Å². The van der Waals surface area contributed by atoms with Gasteiger partial charge in [-0.3, -0.25) is 14.4 Å². The van der Waals surface area contributed by atoms with Crippen LogP contribution >= 0.6 is 11.3 Å². The van der Waals surface area contributed by atoms with Crippen molar-refractivity contribution in [3.63, 3.8) is 0 Å². The van der Waals surface area contributed by atoms with Crippen LogP contribution in [0.15, 0.2) is 41.8 Å². The molecule has 1 aliphatic rings. The summed E-state index contributed by atoms with van der Waals surface area (Å²) in [7, 11) is 0. The van der Waals surface area contributed by atoms with Gasteiger partial charge in [0, 0.05) is 24.5 Å². The van der Waals surface area contributed by atoms with Crippen LogP contribution in [0.3, 0.4) is 0 Å². The van der Waals surface area contributed by atoms with Crippen molar-refractivity contribution in [1.29, 1.82) is 0 Å². The molecule has 0 bridgehead atoms. The first-order chi connectivity index (χ1) is 13.1. The van der Waals surface area contributed by atoms with E-state index >= 15 is 0 Å². The lowest BCUT2D eigenvalue weighted by Gasteiger charge is -2.26. The third-order valence-electron chi connectivity index (χ3n) is 4.38. The Balaban J connectivity index is 1.31. The van der Waals surface area contributed by atoms with E-state index in [1.165, 1.54) is 10.4 Å². The number of esters is 1. The molecule has 0 radical (unpaired) electrons. The van der Waals surface area contributed by atoms with E-state index < -0.39 is 5.97 Å². The average molecular weight is 386 g/mol. The average Bonchev–Trinajstić information content (AvgIpc) is 3.14. The van der Waals surface area contributed by atoms with E-state index in [4.69, 9.17) is 4.74 Å². The fourth-order valence-corrected chi connectivity index (χ4v) is 3.80. The lowest BCUT2D eigenvalue weighted by molar-refractivity contribution is -0.152. The summed E-state index contributed by atoms with van der Waals surface area (Å²) in [6.45, 7) is 1.17. The Kier molecular flexibility index (Phi) is 6.59. The standard InChI is InChI=1S/C20H22N2O4S/c23-18(12-15-4-2-1-3-5-15)21-9-6-20(25)26-14-19(24)22-10-7-17-16(13-22)8-11-27-17/h1-5,8,11H,6-7,9-10,12-14H2,(H,21,23). The lowest BCUT2D eigenvalue weighted by atomic mass is 10.1. The minimum absolute atomic E-state index is 0.0441. The van der Waals surface area contributed by atoms with Crippen LogP contribution in [0, 0.1) is 0 Å². The van der Waals surface area contributed by atoms with Crippen LogP contribution < -0.4 is 5.32 Å². The number of carbonyl (C=O) groups excluding carboxylic acids is 3. The number of ether oxygens (including phenoxy) is 1. The molecule has 142 valence electrons. The third kappa shape index (κ3) is 5.65. The van der Waals surface area contributed by atoms with E-state index in [0.29, 0.717) is 13.1 Å². The number of nitrogens with zero attached hydrogens (tertiary/aromatic N) is 1. The molecule has 0 saturated heterocycles. The smallest absolute Gasteiger partial charge is 0.308 e. The molecule has 27 heavy (non-hydrogen) atoms. The molecule has 7 heteroatoms. The van der Waals surface area contributed by atoms with Gasteiger partial charge < -0.3 is 15.0 Å². The zero-order chi connectivity index (χ0) is 19.1. The largest absolute Gasteiger partial charge is 0.456 e. The molecular weight excluding hydrogens is 364 g/mol. The van der Waals surface area contributed by atoms with Gasteiger partial charge in [0.25, 0.3) is 5.91 Å². The first-order valence-corrected chi connectivity index (χ1v) is 9.79. The molecule has 0 spiro atoms. The van der Waals surface area contributed by atoms with Gasteiger partial charge >= 0.3 is 5.97 Å². The predicted octanol–water partition coefficient (Wildman–Crippen LogP) is 1.92. The summed E-state index contributed by atoms with van der Waals surface area (Å²) in [5.41, 5.74) is 2.09. The van der Waals surface area contributed by atoms with Crippen molar-refractivity contribution in [2.24, 2.45) is 0 Å². The fraction of sp³-hybridized carbons (Fsp3) is 0.350. The van der Waals surface area contributed by atoms with Gasteiger partial charge in [-0.15, -0.1) is 11.3 Å². The normalized spacial score (nSPS) is 13.0. The van der Waals surface area contributed by atoms with E-state index in [2.05, 4.69) is 5.32 Å². The third-order valence-corrected chi connectivity index (χ3v) is 5.40. The van der Waals surface area contributed by atoms with Gasteiger partial charge in [0.1, 0.15) is 0 Å². The van der Waals surface area contributed by atoms with Gasteiger partial charge in [-0.2, -0.15) is 0 Å². The van der Waals surface area contributed by atoms with Crippen molar-refractivity contribution in [1.82, 2.24) is 10.2 Å². The zero-order valence-electron chi connectivity index (χ0n) is 15.0. The summed E-state index contributed by atoms with van der Waals surface area (Å²) in [4.78, 5) is 38.8. The van der Waals surface area contributed by atoms with Gasteiger partial charge in [-0.05, 0) is 29.0 Å². The molecule has 0 saturated carbocycles. The van der Waals surface area contributed by atoms with E-state index in [9.17, 15) is 14.4 Å². The van der Waals surface area contributed by atoms with Crippen molar-refractivity contribution >= 4 is 29.1 Å². The first kappa shape index (κ1) is 19.1. The van der Waals surface area contributed by atoms with Crippen LogP contribution in [0.4, 0.5) is 0 Å². The maximum absolute atomic E-state index is 12.2. The van der Waals surface area contributed by atoms with Crippen molar-refractivity contribution in [2.45, 2.75) is 25.8 Å². The number of hydrogen-bond donors (Lipinski definition) is 1. The highest BCUT2D eigenvalue weighted by molar-refractivity contribution is 7.10. The molecule has 1 aromatic carbocycles. The van der Waals surface area contributed by atoms with Gasteiger partial charge in [-0.25, -0.2) is 0 Å². The molecule has 1 aliphatic heterocycles. The molecule has 6 nitrogen and oxygen atoms in total. The Hall–Kier alpha value is -2.67. The molecule has 2 heterocycles. The molecule has 0 aliphatic carbocycles. The van der Waals surface area contributed by atoms with Crippen LogP contribution in [0.5, 0.6) is 0 Å². The van der Waals surface area contributed by atoms with E-state index in [-0.39, 0.29) is 37.8 Å². The highest BCUT2D eigenvalue weighted by Crippen LogP contribution is 2.23. The number of nitrogens with one attached hydrogen (secondary N) is 1. The molecule has 2 aromatic rings. The minimum Gasteiger partial charge on any atom is -0.456 e. The zero-order valence-corrected chi connectivity index (χ0v) is 15.8. The van der Waals surface area contributed by atoms with E-state index in [0.717, 1.165) is 12.0 Å². The molecule has 1 aromatic heterocycles. The monoisotopic (exact) mass is 386 g/mol. The SMILES string of the molecule is O=C(Cc1ccccc1)NCCC(=O)OCC(=O)N1CCc2sccc2C1. The quantitative estimate of drug-likeness (QED) is 0.738. The van der Waals surface area contributed by atoms with Gasteiger partial charge in [0.05, 0.1) is 12.8 Å². The van der Waals surface area contributed by atoms with E-state index in [1.807, 2.05) is 41.8 Å². The Bertz CT molecular complexity index is 803. The number of fused-ring (bicyclic) bond motifs is 1. The Morgan fingerprint density at radius 3 is 2.78 bits per heavy atom. The van der Waals surface area contributed by atoms with Crippen LogP contribution in [0.1, 0.15) is 22.4 Å². The van der Waals surface area contributed by atoms with Crippen LogP contribution in [-0.2, 0) is 38.5 Å². The Labute approximate surface area is 162 Å². The summed E-state index contributed by atoms with van der Waals surface area (Å²) >= 11 is 1.71. The highest BCUT2D eigenvalue weighted by atomic mass is 32.1. The highest BCUT2D eigenvalue weighted by Gasteiger charge is 2.22. The summed E-state index contributed by atoms with van der Waals surface area (Å²) in [6.07, 6.45) is 1.16. The van der Waals surface area contributed by atoms with Crippen LogP contribution in [0.2, 0.25) is 0 Å². The van der Waals surface area contributed by atoms with Crippen molar-refractivity contribution in [3.05, 3.63) is 57.8 Å². The molecule has 2 amide bonds. The van der Waals surface area contributed by atoms with Gasteiger partial charge in [0.2, 0.25) is 5.91 Å². The van der Waals surface area contributed by atoms with E-state index in [1.54, 1.807) is 16.2 Å². The second-order valence-corrected chi connectivity index (χ2v) is 7.36. The maximum atomic E-state index is 12.2. The molecule has 0 unspecified atom stereocenters. The summed E-state index contributed by atoms with van der Waals surface area (Å²) in [5.74, 6) is -0.824. The van der Waals surface area contributed by atoms with Gasteiger partial charge in [-0.1, -0.05) is 30.3 Å². The topological polar surface area (TPSA) is 75.7 Å². The number of hydrogen-bond acceptors (Lipinski definition) is 5. The number of thiophene rings is 1. The maximum Gasteiger partial charge on any atom is 0.308 e. The Morgan fingerprint density at radius 2 is 1.96 bits per heavy atom. The fourth-order valence-electron chi connectivity index (χ4n) is 2.91. The van der Waals surface area contributed by atoms with Crippen LogP contribution in [0.25, 0.3) is 0 Å². The second kappa shape index (κ2) is 9.32. The first-order valence-electron chi connectivity index (χ1n) is 8.91. The molecule has 0 atom stereocenters. The number of amides is 2.